The predicted molar refractivity (Wildman–Crippen MR) is 78.9 cm³/mol. The van der Waals surface area contributed by atoms with Crippen molar-refractivity contribution in [2.24, 2.45) is 7.05 Å². The number of rotatable bonds is 5. The quantitative estimate of drug-likeness (QED) is 0.827. The van der Waals surface area contributed by atoms with Gasteiger partial charge in [0.15, 0.2) is 0 Å². The molecule has 1 aromatic carbocycles. The Morgan fingerprint density at radius 2 is 1.94 bits per heavy atom. The number of hydrogen-bond donors (Lipinski definition) is 1. The molecule has 2 rings (SSSR count). The van der Waals surface area contributed by atoms with Crippen LogP contribution in [0.15, 0.2) is 47.5 Å². The summed E-state index contributed by atoms with van der Waals surface area (Å²) in [5.74, 6) is 0. The number of benzene rings is 1. The Balaban J connectivity index is 1.94. The fourth-order valence-electron chi connectivity index (χ4n) is 1.95. The van der Waals surface area contributed by atoms with Gasteiger partial charge < -0.3 is 9.88 Å². The van der Waals surface area contributed by atoms with Crippen LogP contribution in [0.25, 0.3) is 0 Å². The first kappa shape index (κ1) is 13.2. The van der Waals surface area contributed by atoms with Crippen molar-refractivity contribution in [2.75, 3.05) is 6.26 Å². The van der Waals surface area contributed by atoms with Gasteiger partial charge in [0.25, 0.3) is 0 Å². The van der Waals surface area contributed by atoms with Crippen molar-refractivity contribution in [1.82, 2.24) is 9.88 Å². The number of aryl methyl sites for hydroxylation is 1. The molecule has 0 saturated carbocycles. The van der Waals surface area contributed by atoms with Gasteiger partial charge in [-0.05, 0) is 43.0 Å². The van der Waals surface area contributed by atoms with Crippen molar-refractivity contribution in [3.05, 3.63) is 53.9 Å². The Morgan fingerprint density at radius 3 is 2.50 bits per heavy atom. The van der Waals surface area contributed by atoms with Crippen LogP contribution < -0.4 is 5.32 Å². The van der Waals surface area contributed by atoms with Crippen molar-refractivity contribution in [3.63, 3.8) is 0 Å². The van der Waals surface area contributed by atoms with Crippen LogP contribution in [-0.4, -0.2) is 10.8 Å². The zero-order chi connectivity index (χ0) is 13.0. The van der Waals surface area contributed by atoms with Crippen LogP contribution in [0.5, 0.6) is 0 Å². The molecule has 96 valence electrons. The van der Waals surface area contributed by atoms with E-state index in [9.17, 15) is 0 Å². The molecule has 1 unspecified atom stereocenters. The SMILES string of the molecule is CSc1ccc(C(C)NCc2cccn2C)cc1. The molecule has 0 fully saturated rings. The van der Waals surface area contributed by atoms with Crippen molar-refractivity contribution >= 4 is 11.8 Å². The monoisotopic (exact) mass is 260 g/mol. The normalized spacial score (nSPS) is 12.6. The van der Waals surface area contributed by atoms with E-state index < -0.39 is 0 Å². The zero-order valence-corrected chi connectivity index (χ0v) is 12.0. The van der Waals surface area contributed by atoms with Crippen LogP contribution in [0.1, 0.15) is 24.2 Å². The number of nitrogens with one attached hydrogen (secondary N) is 1. The van der Waals surface area contributed by atoms with Gasteiger partial charge in [-0.15, -0.1) is 11.8 Å². The van der Waals surface area contributed by atoms with Gasteiger partial charge >= 0.3 is 0 Å². The summed E-state index contributed by atoms with van der Waals surface area (Å²) >= 11 is 1.78. The van der Waals surface area contributed by atoms with Gasteiger partial charge in [-0.2, -0.15) is 0 Å². The summed E-state index contributed by atoms with van der Waals surface area (Å²) in [5.41, 5.74) is 2.64. The Hall–Kier alpha value is -1.19. The lowest BCUT2D eigenvalue weighted by atomic mass is 10.1. The molecule has 1 atom stereocenters. The smallest absolute Gasteiger partial charge is 0.0364 e. The lowest BCUT2D eigenvalue weighted by Gasteiger charge is -2.15. The van der Waals surface area contributed by atoms with Gasteiger partial charge in [-0.3, -0.25) is 0 Å². The molecule has 0 bridgehead atoms. The molecule has 1 N–H and O–H groups in total. The molecular formula is C15H20N2S. The summed E-state index contributed by atoms with van der Waals surface area (Å²) in [4.78, 5) is 1.31. The summed E-state index contributed by atoms with van der Waals surface area (Å²) in [6.07, 6.45) is 4.18. The van der Waals surface area contributed by atoms with Crippen LogP contribution in [0.2, 0.25) is 0 Å². The molecule has 0 saturated heterocycles. The summed E-state index contributed by atoms with van der Waals surface area (Å²) in [6, 6.07) is 13.4. The van der Waals surface area contributed by atoms with Gasteiger partial charge in [0.1, 0.15) is 0 Å². The van der Waals surface area contributed by atoms with Gasteiger partial charge in [0.05, 0.1) is 0 Å². The molecular weight excluding hydrogens is 240 g/mol. The minimum absolute atomic E-state index is 0.371. The molecule has 0 aliphatic heterocycles. The summed E-state index contributed by atoms with van der Waals surface area (Å²) in [5, 5.41) is 3.55. The second-order valence-electron chi connectivity index (χ2n) is 4.49. The standard InChI is InChI=1S/C15H20N2S/c1-12(13-6-8-15(18-3)9-7-13)16-11-14-5-4-10-17(14)2/h4-10,12,16H,11H2,1-3H3. The summed E-state index contributed by atoms with van der Waals surface area (Å²) < 4.78 is 2.15. The fraction of sp³-hybridized carbons (Fsp3) is 0.333. The van der Waals surface area contributed by atoms with E-state index in [1.807, 2.05) is 0 Å². The van der Waals surface area contributed by atoms with Crippen LogP contribution in [0, 0.1) is 0 Å². The molecule has 2 nitrogen and oxygen atoms in total. The highest BCUT2D eigenvalue weighted by Crippen LogP contribution is 2.19. The Labute approximate surface area is 113 Å². The lowest BCUT2D eigenvalue weighted by Crippen LogP contribution is -2.19. The number of thioether (sulfide) groups is 1. The highest BCUT2D eigenvalue weighted by atomic mass is 32.2. The minimum Gasteiger partial charge on any atom is -0.353 e. The number of nitrogens with zero attached hydrogens (tertiary/aromatic N) is 1. The molecule has 0 aliphatic rings. The van der Waals surface area contributed by atoms with Crippen LogP contribution in [-0.2, 0) is 13.6 Å². The van der Waals surface area contributed by atoms with E-state index >= 15 is 0 Å². The fourth-order valence-corrected chi connectivity index (χ4v) is 2.36. The lowest BCUT2D eigenvalue weighted by molar-refractivity contribution is 0.557. The Morgan fingerprint density at radius 1 is 1.22 bits per heavy atom. The third-order valence-electron chi connectivity index (χ3n) is 3.26. The molecule has 1 aromatic heterocycles. The van der Waals surface area contributed by atoms with Gasteiger partial charge in [0, 0.05) is 36.4 Å². The van der Waals surface area contributed by atoms with Crippen LogP contribution in [0.4, 0.5) is 0 Å². The van der Waals surface area contributed by atoms with Gasteiger partial charge in [-0.1, -0.05) is 12.1 Å². The van der Waals surface area contributed by atoms with Crippen molar-refractivity contribution in [1.29, 1.82) is 0 Å². The van der Waals surface area contributed by atoms with Crippen molar-refractivity contribution < 1.29 is 0 Å². The number of hydrogen-bond acceptors (Lipinski definition) is 2. The molecule has 2 aromatic rings. The molecule has 0 aliphatic carbocycles. The average Bonchev–Trinajstić information content (AvgIpc) is 2.81. The first-order valence-corrected chi connectivity index (χ1v) is 7.40. The van der Waals surface area contributed by atoms with E-state index in [-0.39, 0.29) is 0 Å². The van der Waals surface area contributed by atoms with E-state index in [4.69, 9.17) is 0 Å². The molecule has 1 heterocycles. The molecule has 0 spiro atoms. The summed E-state index contributed by atoms with van der Waals surface area (Å²) in [6.45, 7) is 3.10. The van der Waals surface area contributed by atoms with Crippen LogP contribution >= 0.6 is 11.8 Å². The number of aromatic nitrogens is 1. The molecule has 0 radical (unpaired) electrons. The topological polar surface area (TPSA) is 17.0 Å². The maximum Gasteiger partial charge on any atom is 0.0364 e. The Bertz CT molecular complexity index is 487. The first-order valence-electron chi connectivity index (χ1n) is 6.18. The third-order valence-corrected chi connectivity index (χ3v) is 4.00. The molecule has 3 heteroatoms. The van der Waals surface area contributed by atoms with Crippen LogP contribution in [0.3, 0.4) is 0 Å². The molecule has 18 heavy (non-hydrogen) atoms. The van der Waals surface area contributed by atoms with Gasteiger partial charge in [-0.25, -0.2) is 0 Å². The summed E-state index contributed by atoms with van der Waals surface area (Å²) in [7, 11) is 2.08. The maximum atomic E-state index is 3.55. The van der Waals surface area contributed by atoms with E-state index in [2.05, 4.69) is 72.7 Å². The highest BCUT2D eigenvalue weighted by molar-refractivity contribution is 7.98. The first-order chi connectivity index (χ1) is 8.70. The minimum atomic E-state index is 0.371. The highest BCUT2D eigenvalue weighted by Gasteiger charge is 2.05. The zero-order valence-electron chi connectivity index (χ0n) is 11.2. The van der Waals surface area contributed by atoms with Crippen molar-refractivity contribution in [3.8, 4) is 0 Å². The third kappa shape index (κ3) is 3.18. The second kappa shape index (κ2) is 6.12. The largest absolute Gasteiger partial charge is 0.353 e. The van der Waals surface area contributed by atoms with E-state index in [1.54, 1.807) is 11.8 Å². The van der Waals surface area contributed by atoms with E-state index in [0.717, 1.165) is 6.54 Å². The predicted octanol–water partition coefficient (Wildman–Crippen LogP) is 3.60. The van der Waals surface area contributed by atoms with Gasteiger partial charge in [0.2, 0.25) is 0 Å². The van der Waals surface area contributed by atoms with E-state index in [0.29, 0.717) is 6.04 Å². The Kier molecular flexibility index (Phi) is 4.50. The molecule has 0 amide bonds. The van der Waals surface area contributed by atoms with Crippen molar-refractivity contribution in [2.45, 2.75) is 24.4 Å². The maximum absolute atomic E-state index is 3.55. The van der Waals surface area contributed by atoms with E-state index in [1.165, 1.54) is 16.2 Å². The second-order valence-corrected chi connectivity index (χ2v) is 5.37. The average molecular weight is 260 g/mol.